The molecule has 2 heterocycles. The molecule has 0 unspecified atom stereocenters. The summed E-state index contributed by atoms with van der Waals surface area (Å²) in [5.41, 5.74) is 6.62. The number of hydrogen-bond donors (Lipinski definition) is 2. The van der Waals surface area contributed by atoms with Crippen LogP contribution in [-0.4, -0.2) is 31.4 Å². The summed E-state index contributed by atoms with van der Waals surface area (Å²) in [5.74, 6) is 1.16. The Bertz CT molecular complexity index is 821. The Balaban J connectivity index is 1.91. The standard InChI is InChI=1S/C13H14N6O2/c1-2-21-9-5-3-8(4-6-9)7-10-11(20)15-13-17-16-12(14)19(13)18-10/h3-6H,2,7H2,1H3,(H2,14,16)(H,15,17,20). The molecular formula is C13H14N6O2. The third kappa shape index (κ3) is 2.55. The monoisotopic (exact) mass is 286 g/mol. The van der Waals surface area contributed by atoms with E-state index in [1.807, 2.05) is 31.2 Å². The predicted octanol–water partition coefficient (Wildman–Crippen LogP) is 0.384. The molecule has 0 amide bonds. The van der Waals surface area contributed by atoms with Crippen LogP contribution in [0.4, 0.5) is 5.95 Å². The Labute approximate surface area is 119 Å². The Kier molecular flexibility index (Phi) is 3.27. The number of hydrogen-bond acceptors (Lipinski definition) is 6. The molecule has 0 atom stereocenters. The number of rotatable bonds is 4. The zero-order valence-electron chi connectivity index (χ0n) is 11.4. The maximum absolute atomic E-state index is 12.0. The third-order valence-electron chi connectivity index (χ3n) is 2.98. The van der Waals surface area contributed by atoms with Gasteiger partial charge in [0.05, 0.1) is 6.61 Å². The second-order valence-corrected chi connectivity index (χ2v) is 4.45. The number of ether oxygens (including phenoxy) is 1. The van der Waals surface area contributed by atoms with Crippen molar-refractivity contribution in [2.45, 2.75) is 13.3 Å². The molecule has 0 spiro atoms. The van der Waals surface area contributed by atoms with E-state index in [0.717, 1.165) is 11.3 Å². The number of H-pyrrole nitrogens is 1. The van der Waals surface area contributed by atoms with Crippen LogP contribution in [0.3, 0.4) is 0 Å². The van der Waals surface area contributed by atoms with E-state index in [9.17, 15) is 4.79 Å². The van der Waals surface area contributed by atoms with E-state index < -0.39 is 0 Å². The van der Waals surface area contributed by atoms with Gasteiger partial charge in [0.1, 0.15) is 11.4 Å². The molecule has 8 heteroatoms. The molecule has 0 radical (unpaired) electrons. The normalized spacial score (nSPS) is 10.9. The fourth-order valence-corrected chi connectivity index (χ4v) is 1.99. The SMILES string of the molecule is CCOc1ccc(Cc2nn3c(N)nnc3[nH]c2=O)cc1. The Morgan fingerprint density at radius 1 is 1.29 bits per heavy atom. The van der Waals surface area contributed by atoms with E-state index in [4.69, 9.17) is 10.5 Å². The molecule has 0 saturated carbocycles. The lowest BCUT2D eigenvalue weighted by atomic mass is 10.1. The maximum atomic E-state index is 12.0. The molecule has 3 rings (SSSR count). The van der Waals surface area contributed by atoms with Crippen LogP contribution in [0.5, 0.6) is 5.75 Å². The average molecular weight is 286 g/mol. The van der Waals surface area contributed by atoms with Gasteiger partial charge in [0.15, 0.2) is 0 Å². The van der Waals surface area contributed by atoms with E-state index in [2.05, 4.69) is 20.3 Å². The fourth-order valence-electron chi connectivity index (χ4n) is 1.99. The van der Waals surface area contributed by atoms with Crippen LogP contribution < -0.4 is 16.0 Å². The first kappa shape index (κ1) is 13.1. The Morgan fingerprint density at radius 2 is 2.05 bits per heavy atom. The molecule has 2 aromatic heterocycles. The largest absolute Gasteiger partial charge is 0.494 e. The molecule has 108 valence electrons. The highest BCUT2D eigenvalue weighted by atomic mass is 16.5. The second kappa shape index (κ2) is 5.23. The van der Waals surface area contributed by atoms with Crippen molar-refractivity contribution in [3.05, 3.63) is 45.9 Å². The molecule has 0 aliphatic heterocycles. The van der Waals surface area contributed by atoms with Crippen LogP contribution in [0.1, 0.15) is 18.2 Å². The van der Waals surface area contributed by atoms with Crippen LogP contribution in [-0.2, 0) is 6.42 Å². The summed E-state index contributed by atoms with van der Waals surface area (Å²) < 4.78 is 6.69. The molecule has 3 N–H and O–H groups in total. The zero-order chi connectivity index (χ0) is 14.8. The van der Waals surface area contributed by atoms with Crippen LogP contribution in [0.2, 0.25) is 0 Å². The van der Waals surface area contributed by atoms with Crippen LogP contribution in [0, 0.1) is 0 Å². The molecule has 21 heavy (non-hydrogen) atoms. The van der Waals surface area contributed by atoms with Gasteiger partial charge in [-0.2, -0.15) is 9.61 Å². The highest BCUT2D eigenvalue weighted by Crippen LogP contribution is 2.13. The number of benzene rings is 1. The van der Waals surface area contributed by atoms with Crippen molar-refractivity contribution >= 4 is 11.7 Å². The van der Waals surface area contributed by atoms with Gasteiger partial charge >= 0.3 is 0 Å². The van der Waals surface area contributed by atoms with Gasteiger partial charge in [-0.15, -0.1) is 10.2 Å². The summed E-state index contributed by atoms with van der Waals surface area (Å²) in [6, 6.07) is 7.51. The summed E-state index contributed by atoms with van der Waals surface area (Å²) in [5, 5.41) is 11.6. The molecular weight excluding hydrogens is 272 g/mol. The minimum Gasteiger partial charge on any atom is -0.494 e. The predicted molar refractivity (Wildman–Crippen MR) is 76.2 cm³/mol. The number of anilines is 1. The number of aromatic nitrogens is 5. The third-order valence-corrected chi connectivity index (χ3v) is 2.98. The summed E-state index contributed by atoms with van der Waals surface area (Å²) >= 11 is 0. The van der Waals surface area contributed by atoms with Crippen molar-refractivity contribution < 1.29 is 4.74 Å². The number of fused-ring (bicyclic) bond motifs is 1. The first-order valence-electron chi connectivity index (χ1n) is 6.49. The molecule has 0 fully saturated rings. The minimum atomic E-state index is -0.302. The van der Waals surface area contributed by atoms with Crippen molar-refractivity contribution in [2.24, 2.45) is 0 Å². The molecule has 8 nitrogen and oxygen atoms in total. The molecule has 0 aliphatic carbocycles. The molecule has 3 aromatic rings. The summed E-state index contributed by atoms with van der Waals surface area (Å²) in [6.07, 6.45) is 0.384. The molecule has 0 aliphatic rings. The second-order valence-electron chi connectivity index (χ2n) is 4.45. The lowest BCUT2D eigenvalue weighted by Crippen LogP contribution is -2.19. The van der Waals surface area contributed by atoms with Gasteiger partial charge in [0, 0.05) is 6.42 Å². The number of nitrogens with two attached hydrogens (primary N) is 1. The molecule has 0 saturated heterocycles. The molecule has 0 bridgehead atoms. The topological polar surface area (TPSA) is 111 Å². The number of nitrogens with one attached hydrogen (secondary N) is 1. The van der Waals surface area contributed by atoms with Gasteiger partial charge in [-0.05, 0) is 24.6 Å². The Morgan fingerprint density at radius 3 is 2.76 bits per heavy atom. The fraction of sp³-hybridized carbons (Fsp3) is 0.231. The highest BCUT2D eigenvalue weighted by molar-refractivity contribution is 5.34. The lowest BCUT2D eigenvalue weighted by molar-refractivity contribution is 0.340. The van der Waals surface area contributed by atoms with Gasteiger partial charge in [0.25, 0.3) is 11.3 Å². The summed E-state index contributed by atoms with van der Waals surface area (Å²) in [7, 11) is 0. The maximum Gasteiger partial charge on any atom is 0.274 e. The van der Waals surface area contributed by atoms with Gasteiger partial charge in [-0.1, -0.05) is 12.1 Å². The van der Waals surface area contributed by atoms with Gasteiger partial charge in [0.2, 0.25) is 5.95 Å². The summed E-state index contributed by atoms with van der Waals surface area (Å²) in [6.45, 7) is 2.54. The first-order chi connectivity index (χ1) is 10.2. The Hall–Kier alpha value is -2.90. The van der Waals surface area contributed by atoms with Crippen molar-refractivity contribution in [1.82, 2.24) is 24.8 Å². The van der Waals surface area contributed by atoms with Gasteiger partial charge < -0.3 is 10.5 Å². The van der Waals surface area contributed by atoms with Crippen LogP contribution in [0.25, 0.3) is 5.78 Å². The highest BCUT2D eigenvalue weighted by Gasteiger charge is 2.09. The minimum absolute atomic E-state index is 0.134. The smallest absolute Gasteiger partial charge is 0.274 e. The van der Waals surface area contributed by atoms with Crippen LogP contribution in [0.15, 0.2) is 29.1 Å². The van der Waals surface area contributed by atoms with Gasteiger partial charge in [-0.25, -0.2) is 0 Å². The van der Waals surface area contributed by atoms with Crippen molar-refractivity contribution in [3.8, 4) is 5.75 Å². The number of aromatic amines is 1. The summed E-state index contributed by atoms with van der Waals surface area (Å²) in [4.78, 5) is 14.5. The molecule has 1 aromatic carbocycles. The van der Waals surface area contributed by atoms with Crippen molar-refractivity contribution in [3.63, 3.8) is 0 Å². The van der Waals surface area contributed by atoms with E-state index >= 15 is 0 Å². The number of nitrogen functional groups attached to an aromatic ring is 1. The number of nitrogens with zero attached hydrogens (tertiary/aromatic N) is 4. The van der Waals surface area contributed by atoms with E-state index in [1.165, 1.54) is 4.52 Å². The quantitative estimate of drug-likeness (QED) is 0.717. The van der Waals surface area contributed by atoms with Crippen molar-refractivity contribution in [1.29, 1.82) is 0 Å². The lowest BCUT2D eigenvalue weighted by Gasteiger charge is -2.04. The van der Waals surface area contributed by atoms with E-state index in [0.29, 0.717) is 18.7 Å². The zero-order valence-corrected chi connectivity index (χ0v) is 11.4. The van der Waals surface area contributed by atoms with E-state index in [-0.39, 0.29) is 17.3 Å². The van der Waals surface area contributed by atoms with Crippen LogP contribution >= 0.6 is 0 Å². The van der Waals surface area contributed by atoms with E-state index in [1.54, 1.807) is 0 Å². The average Bonchev–Trinajstić information content (AvgIpc) is 2.83. The van der Waals surface area contributed by atoms with Crippen molar-refractivity contribution in [2.75, 3.05) is 12.3 Å². The first-order valence-corrected chi connectivity index (χ1v) is 6.49. The van der Waals surface area contributed by atoms with Gasteiger partial charge in [-0.3, -0.25) is 9.78 Å².